The zero-order chi connectivity index (χ0) is 8.65. The Kier molecular flexibility index (Phi) is 2.27. The van der Waals surface area contributed by atoms with Crippen LogP contribution in [-0.4, -0.2) is 22.0 Å². The fraction of sp³-hybridized carbons (Fsp3) is 0.800. The van der Waals surface area contributed by atoms with Crippen LogP contribution in [0.15, 0.2) is 0 Å². The molecule has 0 aromatic rings. The lowest BCUT2D eigenvalue weighted by molar-refractivity contribution is 0.271. The van der Waals surface area contributed by atoms with Crippen LogP contribution in [0.1, 0.15) is 19.8 Å². The molecule has 1 heterocycles. The van der Waals surface area contributed by atoms with Gasteiger partial charge in [-0.1, -0.05) is 13.3 Å². The molecule has 1 fully saturated rings. The van der Waals surface area contributed by atoms with E-state index in [2.05, 4.69) is 0 Å². The Bertz CT molecular complexity index is 268. The van der Waals surface area contributed by atoms with Gasteiger partial charge in [-0.05, 0) is 0 Å². The van der Waals surface area contributed by atoms with E-state index in [0.29, 0.717) is 12.8 Å². The quantitative estimate of drug-likeness (QED) is 0.599. The van der Waals surface area contributed by atoms with Crippen molar-refractivity contribution in [2.24, 2.45) is 0 Å². The van der Waals surface area contributed by atoms with Gasteiger partial charge in [-0.25, -0.2) is 13.2 Å². The van der Waals surface area contributed by atoms with E-state index in [-0.39, 0.29) is 0 Å². The van der Waals surface area contributed by atoms with Crippen molar-refractivity contribution in [3.8, 4) is 0 Å². The minimum atomic E-state index is -3.65. The van der Waals surface area contributed by atoms with E-state index in [0.717, 1.165) is 0 Å². The second-order valence-electron chi connectivity index (χ2n) is 2.31. The Morgan fingerprint density at radius 2 is 2.18 bits per heavy atom. The standard InChI is InChI=1S/C5H8O4S2/c1-2-3-4-10(7)5(6)11(4,8)9/h4H,2-3H2,1H3. The molecule has 2 atom stereocenters. The van der Waals surface area contributed by atoms with Crippen LogP contribution in [0.4, 0.5) is 4.79 Å². The molecule has 0 amide bonds. The average molecular weight is 196 g/mol. The third-order valence-corrected chi connectivity index (χ3v) is 6.41. The van der Waals surface area contributed by atoms with E-state index < -0.39 is 30.0 Å². The molecule has 1 aliphatic rings. The Morgan fingerprint density at radius 3 is 2.55 bits per heavy atom. The van der Waals surface area contributed by atoms with Gasteiger partial charge in [-0.3, -0.25) is 0 Å². The third-order valence-electron chi connectivity index (χ3n) is 1.51. The summed E-state index contributed by atoms with van der Waals surface area (Å²) in [6, 6.07) is 0. The highest BCUT2D eigenvalue weighted by Gasteiger charge is 2.60. The second-order valence-corrected chi connectivity index (χ2v) is 6.43. The maximum absolute atomic E-state index is 10.8. The second kappa shape index (κ2) is 2.76. The summed E-state index contributed by atoms with van der Waals surface area (Å²) in [5, 5.41) is 0. The summed E-state index contributed by atoms with van der Waals surface area (Å²) in [5.41, 5.74) is 0. The first kappa shape index (κ1) is 9.02. The highest BCUT2D eigenvalue weighted by atomic mass is 32.3. The first-order chi connectivity index (χ1) is 5.01. The number of carbonyl (C=O) groups excluding carboxylic acids is 1. The highest BCUT2D eigenvalue weighted by Crippen LogP contribution is 2.31. The molecular formula is C5H8O4S2. The first-order valence-electron chi connectivity index (χ1n) is 3.20. The van der Waals surface area contributed by atoms with Crippen molar-refractivity contribution < 1.29 is 17.8 Å². The number of sulfone groups is 1. The van der Waals surface area contributed by atoms with Gasteiger partial charge in [-0.15, -0.1) is 0 Å². The van der Waals surface area contributed by atoms with Crippen molar-refractivity contribution in [3.05, 3.63) is 0 Å². The Morgan fingerprint density at radius 1 is 1.64 bits per heavy atom. The molecule has 0 N–H and O–H groups in total. The zero-order valence-corrected chi connectivity index (χ0v) is 7.57. The number of carbonyl (C=O) groups is 1. The summed E-state index contributed by atoms with van der Waals surface area (Å²) < 4.78 is 30.3. The van der Waals surface area contributed by atoms with E-state index in [1.54, 1.807) is 6.92 Å². The molecule has 0 bridgehead atoms. The molecule has 0 aromatic carbocycles. The molecular weight excluding hydrogens is 188 g/mol. The van der Waals surface area contributed by atoms with Crippen LogP contribution in [0.3, 0.4) is 0 Å². The lowest BCUT2D eigenvalue weighted by Gasteiger charge is -2.25. The lowest BCUT2D eigenvalue weighted by Crippen LogP contribution is -2.51. The molecule has 0 aromatic heterocycles. The molecule has 1 rings (SSSR count). The normalized spacial score (nSPS) is 34.9. The SMILES string of the molecule is CCCC1[S+]([O-])C(=O)S1(=O)=O. The van der Waals surface area contributed by atoms with Crippen LogP contribution in [0.2, 0.25) is 0 Å². The van der Waals surface area contributed by atoms with Crippen molar-refractivity contribution in [2.75, 3.05) is 0 Å². The fourth-order valence-corrected chi connectivity index (χ4v) is 4.70. The van der Waals surface area contributed by atoms with Crippen LogP contribution < -0.4 is 0 Å². The lowest BCUT2D eigenvalue weighted by atomic mass is 10.4. The van der Waals surface area contributed by atoms with Crippen LogP contribution in [0, 0.1) is 0 Å². The van der Waals surface area contributed by atoms with Crippen LogP contribution in [-0.2, 0) is 21.0 Å². The monoisotopic (exact) mass is 196 g/mol. The summed E-state index contributed by atoms with van der Waals surface area (Å²) in [6.07, 6.45) is 0.948. The Labute approximate surface area is 68.1 Å². The van der Waals surface area contributed by atoms with Gasteiger partial charge in [-0.2, -0.15) is 0 Å². The molecule has 64 valence electrons. The molecule has 0 saturated carbocycles. The molecule has 0 aliphatic carbocycles. The van der Waals surface area contributed by atoms with E-state index in [9.17, 15) is 17.8 Å². The summed E-state index contributed by atoms with van der Waals surface area (Å²) in [5.74, 6) is 0. The van der Waals surface area contributed by atoms with Gasteiger partial charge in [0.25, 0.3) is 0 Å². The van der Waals surface area contributed by atoms with Crippen molar-refractivity contribution in [2.45, 2.75) is 24.3 Å². The molecule has 0 radical (unpaired) electrons. The van der Waals surface area contributed by atoms with Gasteiger partial charge in [0.05, 0.1) is 11.2 Å². The van der Waals surface area contributed by atoms with Crippen molar-refractivity contribution >= 4 is 25.5 Å². The molecule has 6 heteroatoms. The molecule has 4 nitrogen and oxygen atoms in total. The number of hydrogen-bond donors (Lipinski definition) is 0. The summed E-state index contributed by atoms with van der Waals surface area (Å²) >= 11 is -1.77. The Hall–Kier alpha value is -0.0700. The molecule has 1 saturated heterocycles. The summed E-state index contributed by atoms with van der Waals surface area (Å²) in [7, 11) is -3.65. The van der Waals surface area contributed by atoms with E-state index in [1.807, 2.05) is 0 Å². The van der Waals surface area contributed by atoms with Gasteiger partial charge in [0, 0.05) is 6.42 Å². The van der Waals surface area contributed by atoms with E-state index in [1.165, 1.54) is 0 Å². The number of rotatable bonds is 2. The van der Waals surface area contributed by atoms with Crippen LogP contribution in [0.5, 0.6) is 0 Å². The third kappa shape index (κ3) is 1.19. The van der Waals surface area contributed by atoms with Gasteiger partial charge >= 0.3 is 14.3 Å². The molecule has 11 heavy (non-hydrogen) atoms. The average Bonchev–Trinajstić information content (AvgIpc) is 1.98. The predicted molar refractivity (Wildman–Crippen MR) is 41.2 cm³/mol. The smallest absolute Gasteiger partial charge is 0.449 e. The van der Waals surface area contributed by atoms with Crippen molar-refractivity contribution in [3.63, 3.8) is 0 Å². The van der Waals surface area contributed by atoms with Gasteiger partial charge in [0.1, 0.15) is 0 Å². The van der Waals surface area contributed by atoms with Gasteiger partial charge in [0.15, 0.2) is 0 Å². The zero-order valence-electron chi connectivity index (χ0n) is 5.94. The first-order valence-corrected chi connectivity index (χ1v) is 5.96. The van der Waals surface area contributed by atoms with E-state index in [4.69, 9.17) is 0 Å². The van der Waals surface area contributed by atoms with Gasteiger partial charge < -0.3 is 4.55 Å². The Balaban J connectivity index is 2.78. The maximum atomic E-state index is 10.8. The fourth-order valence-electron chi connectivity index (χ4n) is 0.899. The predicted octanol–water partition coefficient (Wildman–Crippen LogP) is 0.410. The molecule has 0 spiro atoms. The minimum Gasteiger partial charge on any atom is -0.607 e. The van der Waals surface area contributed by atoms with E-state index >= 15 is 0 Å². The summed E-state index contributed by atoms with van der Waals surface area (Å²) in [6.45, 7) is 1.79. The van der Waals surface area contributed by atoms with Crippen LogP contribution >= 0.6 is 0 Å². The largest absolute Gasteiger partial charge is 0.607 e. The number of hydrogen-bond acceptors (Lipinski definition) is 4. The summed E-state index contributed by atoms with van der Waals surface area (Å²) in [4.78, 5) is 10.5. The van der Waals surface area contributed by atoms with Gasteiger partial charge in [0.2, 0.25) is 4.58 Å². The molecule has 1 aliphatic heterocycles. The van der Waals surface area contributed by atoms with Crippen molar-refractivity contribution in [1.29, 1.82) is 0 Å². The highest BCUT2D eigenvalue weighted by molar-refractivity contribution is 8.45. The van der Waals surface area contributed by atoms with Crippen LogP contribution in [0.25, 0.3) is 0 Å². The maximum Gasteiger partial charge on any atom is 0.449 e. The van der Waals surface area contributed by atoms with Crippen molar-refractivity contribution in [1.82, 2.24) is 0 Å². The molecule has 2 unspecified atom stereocenters. The minimum absolute atomic E-state index is 0.320. The topological polar surface area (TPSA) is 74.3 Å².